The van der Waals surface area contributed by atoms with Gasteiger partial charge in [-0.15, -0.1) is 0 Å². The zero-order valence-electron chi connectivity index (χ0n) is 12.8. The van der Waals surface area contributed by atoms with E-state index in [0.29, 0.717) is 18.7 Å². The van der Waals surface area contributed by atoms with Crippen molar-refractivity contribution in [3.63, 3.8) is 0 Å². The van der Waals surface area contributed by atoms with Crippen molar-refractivity contribution < 1.29 is 14.3 Å². The number of H-pyrrole nitrogens is 1. The van der Waals surface area contributed by atoms with Crippen LogP contribution in [0, 0.1) is 0 Å². The molecule has 1 aromatic heterocycles. The summed E-state index contributed by atoms with van der Waals surface area (Å²) in [5.74, 6) is -0.192. The van der Waals surface area contributed by atoms with E-state index < -0.39 is 12.1 Å². The largest absolute Gasteiger partial charge is 0.453 e. The van der Waals surface area contributed by atoms with E-state index in [1.165, 1.54) is 12.0 Å². The normalized spacial score (nSPS) is 17.1. The molecule has 2 heterocycles. The van der Waals surface area contributed by atoms with Gasteiger partial charge >= 0.3 is 6.09 Å². The van der Waals surface area contributed by atoms with E-state index in [9.17, 15) is 9.59 Å². The number of amides is 2. The number of nitrogens with one attached hydrogen (secondary N) is 2. The van der Waals surface area contributed by atoms with Gasteiger partial charge in [0.2, 0.25) is 5.91 Å². The lowest BCUT2D eigenvalue weighted by Crippen LogP contribution is -2.43. The van der Waals surface area contributed by atoms with Gasteiger partial charge in [0, 0.05) is 18.4 Å². The summed E-state index contributed by atoms with van der Waals surface area (Å²) in [6.07, 6.45) is 2.67. The Balaban J connectivity index is 1.67. The third kappa shape index (κ3) is 3.18. The van der Waals surface area contributed by atoms with Gasteiger partial charge in [-0.2, -0.15) is 5.10 Å². The number of methoxy groups -OCH3 is 1. The number of aromatic amines is 1. The Morgan fingerprint density at radius 3 is 2.74 bits per heavy atom. The van der Waals surface area contributed by atoms with Gasteiger partial charge in [0.1, 0.15) is 6.04 Å². The van der Waals surface area contributed by atoms with Crippen LogP contribution in [-0.2, 0) is 9.53 Å². The number of carbonyl (C=O) groups is 2. The average Bonchev–Trinajstić information content (AvgIpc) is 3.26. The molecular formula is C16H18N4O3. The summed E-state index contributed by atoms with van der Waals surface area (Å²) in [7, 11) is 1.32. The Bertz CT molecular complexity index is 682. The third-order valence-corrected chi connectivity index (χ3v) is 3.93. The summed E-state index contributed by atoms with van der Waals surface area (Å²) in [6, 6.07) is 8.85. The Morgan fingerprint density at radius 2 is 2.09 bits per heavy atom. The van der Waals surface area contributed by atoms with Crippen molar-refractivity contribution in [2.45, 2.75) is 18.9 Å². The minimum absolute atomic E-state index is 0.192. The van der Waals surface area contributed by atoms with E-state index in [4.69, 9.17) is 4.74 Å². The van der Waals surface area contributed by atoms with Gasteiger partial charge in [0.25, 0.3) is 0 Å². The molecule has 2 N–H and O–H groups in total. The fraction of sp³-hybridized carbons (Fsp3) is 0.312. The van der Waals surface area contributed by atoms with E-state index in [1.807, 2.05) is 30.3 Å². The van der Waals surface area contributed by atoms with Crippen LogP contribution < -0.4 is 5.32 Å². The maximum atomic E-state index is 12.4. The SMILES string of the molecule is COC(=O)N1CCC[C@H]1C(=O)Nc1ccc(-c2ccn[nH]2)cc1. The Labute approximate surface area is 133 Å². The van der Waals surface area contributed by atoms with Crippen molar-refractivity contribution >= 4 is 17.7 Å². The van der Waals surface area contributed by atoms with E-state index >= 15 is 0 Å². The molecule has 1 atom stereocenters. The van der Waals surface area contributed by atoms with Crippen molar-refractivity contribution in [1.29, 1.82) is 0 Å². The summed E-state index contributed by atoms with van der Waals surface area (Å²) in [6.45, 7) is 0.545. The molecule has 1 aromatic carbocycles. The fourth-order valence-corrected chi connectivity index (χ4v) is 2.75. The van der Waals surface area contributed by atoms with E-state index in [0.717, 1.165) is 17.7 Å². The summed E-state index contributed by atoms with van der Waals surface area (Å²) in [5, 5.41) is 9.65. The highest BCUT2D eigenvalue weighted by atomic mass is 16.5. The molecule has 0 spiro atoms. The first-order valence-electron chi connectivity index (χ1n) is 7.44. The molecule has 3 rings (SSSR count). The van der Waals surface area contributed by atoms with E-state index in [-0.39, 0.29) is 5.91 Å². The summed E-state index contributed by atoms with van der Waals surface area (Å²) < 4.78 is 4.72. The van der Waals surface area contributed by atoms with E-state index in [1.54, 1.807) is 6.20 Å². The second kappa shape index (κ2) is 6.51. The molecule has 23 heavy (non-hydrogen) atoms. The van der Waals surface area contributed by atoms with Crippen molar-refractivity contribution in [2.75, 3.05) is 19.0 Å². The molecule has 1 aliphatic heterocycles. The molecule has 7 heteroatoms. The van der Waals surface area contributed by atoms with Crippen molar-refractivity contribution in [3.05, 3.63) is 36.5 Å². The standard InChI is InChI=1S/C16H18N4O3/c1-23-16(22)20-10-2-3-14(20)15(21)18-12-6-4-11(5-7-12)13-8-9-17-19-13/h4-9,14H,2-3,10H2,1H3,(H,17,19)(H,18,21)/t14-/m0/s1. The lowest BCUT2D eigenvalue weighted by molar-refractivity contribution is -0.119. The highest BCUT2D eigenvalue weighted by Gasteiger charge is 2.34. The van der Waals surface area contributed by atoms with Gasteiger partial charge < -0.3 is 10.1 Å². The number of rotatable bonds is 3. The van der Waals surface area contributed by atoms with Crippen LogP contribution in [0.15, 0.2) is 36.5 Å². The van der Waals surface area contributed by atoms with Crippen LogP contribution >= 0.6 is 0 Å². The molecule has 0 bridgehead atoms. The van der Waals surface area contributed by atoms with Gasteiger partial charge in [-0.3, -0.25) is 14.8 Å². The Morgan fingerprint density at radius 1 is 1.30 bits per heavy atom. The zero-order valence-corrected chi connectivity index (χ0v) is 12.8. The summed E-state index contributed by atoms with van der Waals surface area (Å²) in [4.78, 5) is 25.5. The topological polar surface area (TPSA) is 87.3 Å². The maximum absolute atomic E-state index is 12.4. The van der Waals surface area contributed by atoms with Gasteiger partial charge in [0.15, 0.2) is 0 Å². The predicted octanol–water partition coefficient (Wildman–Crippen LogP) is 2.25. The number of ether oxygens (including phenoxy) is 1. The second-order valence-corrected chi connectivity index (χ2v) is 5.36. The molecule has 120 valence electrons. The van der Waals surface area contributed by atoms with Crippen LogP contribution in [-0.4, -0.2) is 46.8 Å². The number of aromatic nitrogens is 2. The molecule has 7 nitrogen and oxygen atoms in total. The lowest BCUT2D eigenvalue weighted by Gasteiger charge is -2.22. The average molecular weight is 314 g/mol. The molecule has 1 aliphatic rings. The van der Waals surface area contributed by atoms with Gasteiger partial charge in [-0.25, -0.2) is 4.79 Å². The Hall–Kier alpha value is -2.83. The van der Waals surface area contributed by atoms with Gasteiger partial charge in [-0.1, -0.05) is 12.1 Å². The first-order valence-corrected chi connectivity index (χ1v) is 7.44. The number of likely N-dealkylation sites (tertiary alicyclic amines) is 1. The third-order valence-electron chi connectivity index (χ3n) is 3.93. The summed E-state index contributed by atoms with van der Waals surface area (Å²) >= 11 is 0. The summed E-state index contributed by atoms with van der Waals surface area (Å²) in [5.41, 5.74) is 2.59. The van der Waals surface area contributed by atoms with Crippen LogP contribution in [0.1, 0.15) is 12.8 Å². The first kappa shape index (κ1) is 15.1. The number of hydrogen-bond acceptors (Lipinski definition) is 4. The van der Waals surface area contributed by atoms with Gasteiger partial charge in [0.05, 0.1) is 12.8 Å². The first-order chi connectivity index (χ1) is 11.2. The highest BCUT2D eigenvalue weighted by molar-refractivity contribution is 5.97. The highest BCUT2D eigenvalue weighted by Crippen LogP contribution is 2.22. The minimum atomic E-state index is -0.477. The minimum Gasteiger partial charge on any atom is -0.453 e. The number of hydrogen-bond donors (Lipinski definition) is 2. The smallest absolute Gasteiger partial charge is 0.410 e. The molecule has 0 saturated carbocycles. The predicted molar refractivity (Wildman–Crippen MR) is 84.8 cm³/mol. The van der Waals surface area contributed by atoms with Crippen LogP contribution in [0.4, 0.5) is 10.5 Å². The van der Waals surface area contributed by atoms with Crippen LogP contribution in [0.2, 0.25) is 0 Å². The molecule has 0 aliphatic carbocycles. The molecule has 0 unspecified atom stereocenters. The number of anilines is 1. The number of nitrogens with zero attached hydrogens (tertiary/aromatic N) is 2. The maximum Gasteiger partial charge on any atom is 0.410 e. The number of carbonyl (C=O) groups excluding carboxylic acids is 2. The van der Waals surface area contributed by atoms with Crippen molar-refractivity contribution in [2.24, 2.45) is 0 Å². The van der Waals surface area contributed by atoms with Crippen LogP contribution in [0.5, 0.6) is 0 Å². The Kier molecular flexibility index (Phi) is 4.27. The molecule has 2 amide bonds. The van der Waals surface area contributed by atoms with Crippen molar-refractivity contribution in [1.82, 2.24) is 15.1 Å². The zero-order chi connectivity index (χ0) is 16.2. The monoisotopic (exact) mass is 314 g/mol. The van der Waals surface area contributed by atoms with Crippen LogP contribution in [0.3, 0.4) is 0 Å². The quantitative estimate of drug-likeness (QED) is 0.909. The van der Waals surface area contributed by atoms with Crippen molar-refractivity contribution in [3.8, 4) is 11.3 Å². The molecule has 2 aromatic rings. The molecular weight excluding hydrogens is 296 g/mol. The molecule has 0 radical (unpaired) electrons. The molecule has 1 saturated heterocycles. The van der Waals surface area contributed by atoms with Crippen LogP contribution in [0.25, 0.3) is 11.3 Å². The van der Waals surface area contributed by atoms with Gasteiger partial charge in [-0.05, 0) is 36.6 Å². The number of benzene rings is 1. The van der Waals surface area contributed by atoms with E-state index in [2.05, 4.69) is 15.5 Å². The molecule has 1 fully saturated rings. The lowest BCUT2D eigenvalue weighted by atomic mass is 10.1. The fourth-order valence-electron chi connectivity index (χ4n) is 2.75. The second-order valence-electron chi connectivity index (χ2n) is 5.36.